The molecule has 9 aliphatic heterocycles. The summed E-state index contributed by atoms with van der Waals surface area (Å²) in [7, 11) is 0. The molecule has 134 heavy (non-hydrogen) atoms. The van der Waals surface area contributed by atoms with E-state index < -0.39 is 69.5 Å². The van der Waals surface area contributed by atoms with Gasteiger partial charge >= 0.3 is 59.7 Å². The first-order chi connectivity index (χ1) is 63.0. The molecule has 16 saturated carbocycles. The molecule has 25 aliphatic rings. The quantitative estimate of drug-likeness (QED) is 0.0545. The third-order valence-corrected chi connectivity index (χ3v) is 40.5. The molecule has 25 heteroatoms. The van der Waals surface area contributed by atoms with Gasteiger partial charge in [0.15, 0.2) is 36.6 Å². The van der Waals surface area contributed by atoms with Crippen LogP contribution >= 0.6 is 0 Å². The van der Waals surface area contributed by atoms with Crippen LogP contribution in [0.3, 0.4) is 0 Å². The number of ether oxygens (including phenoxy) is 13. The molecule has 0 aromatic rings. The fourth-order valence-corrected chi connectivity index (χ4v) is 31.4. The summed E-state index contributed by atoms with van der Waals surface area (Å²) in [5.41, 5.74) is -4.29. The van der Waals surface area contributed by atoms with Gasteiger partial charge < -0.3 is 71.8 Å². The molecular formula is C109H166O25. The van der Waals surface area contributed by atoms with Crippen LogP contribution in [-0.4, -0.2) is 177 Å². The molecule has 25 nitrogen and oxygen atoms in total. The average Bonchev–Trinajstić information content (AvgIpc) is 1.50. The second kappa shape index (κ2) is 36.5. The summed E-state index contributed by atoms with van der Waals surface area (Å²) < 4.78 is 73.8. The van der Waals surface area contributed by atoms with E-state index in [0.717, 1.165) is 155 Å². The standard InChI is InChI=1S/C20H32O2.C19H30O2.C16H26O3.C15H24O3.3C13H18O5/c1-5-19(3,4)18(21)22-20(6-2)11-14-10-15(20)17-13-8-7-12(9-13)16(14)17;1-4-11(3)18(20)21-19(5-2)10-14-9-15(19)17-13-7-6-12(8-13)16(14)17;1-4-14(2,3)13(17)19-16-8-11-5-12(9-16)7-15(18,6-11)10-16;1-3-10(2)13(16)18-15-7-11-4-12(8-15)6-14(17,5-11)9-15;3*1-4-13(2,3)12(15)18-9-7-5-6-8(16-7)10(9)17-11(6)14/h12-17H,5-11H2,1-4H3;11-17H,4-10H2,1-3H3;11-12,18H,4-10H2,1-3H3;10-12,17H,3-9H2,1-2H3;3*6-10H,4-5H2,1-3H3. The minimum atomic E-state index is -0.555. The predicted molar refractivity (Wildman–Crippen MR) is 492 cm³/mol. The highest BCUT2D eigenvalue weighted by molar-refractivity contribution is 5.82. The minimum Gasteiger partial charge on any atom is -0.459 e. The van der Waals surface area contributed by atoms with Crippen molar-refractivity contribution in [3.63, 3.8) is 0 Å². The SMILES string of the molecule is CCC(C)(C)C(=O)OC1(CC)CC2CC1C1C3CCC(C3)C21.CCC(C)(C)C(=O)OC12CC3CC(CC(O)(C3)C1)C2.CCC(C)(C)C(=O)OC1C2CC3C(=O)OC1C3O2.CCC(C)(C)C(=O)OC1C2CC3C(=O)OC1C3O2.CCC(C)(C)C(=O)OC1C2CC3C(=O)OC1C3O2.CCC(C)C(=O)OC1(CC)CC2CC1C1C3CCC(C3)C21.CCC(C)C(=O)OC12CC3CC(CC(O)(C3)C1)C2. The molecule has 0 radical (unpaired) electrons. The highest BCUT2D eigenvalue weighted by Gasteiger charge is 2.73. The van der Waals surface area contributed by atoms with Crippen molar-refractivity contribution in [2.75, 3.05) is 0 Å². The molecule has 35 unspecified atom stereocenters. The van der Waals surface area contributed by atoms with Crippen LogP contribution in [0.15, 0.2) is 0 Å². The summed E-state index contributed by atoms with van der Waals surface area (Å²) in [5.74, 6) is 11.2. The first-order valence-corrected chi connectivity index (χ1v) is 53.6. The first-order valence-electron chi connectivity index (χ1n) is 53.6. The molecule has 25 rings (SSSR count). The summed E-state index contributed by atoms with van der Waals surface area (Å²) in [6, 6.07) is 0. The molecule has 16 aliphatic carbocycles. The van der Waals surface area contributed by atoms with Gasteiger partial charge in [-0.05, 0) is 358 Å². The van der Waals surface area contributed by atoms with Gasteiger partial charge in [0.05, 0.1) is 86.2 Å². The third kappa shape index (κ3) is 17.9. The Hall–Kier alpha value is -5.50. The smallest absolute Gasteiger partial charge is 0.312 e. The van der Waals surface area contributed by atoms with E-state index in [-0.39, 0.29) is 154 Å². The van der Waals surface area contributed by atoms with Gasteiger partial charge in [0.25, 0.3) is 0 Å². The molecule has 9 saturated heterocycles. The van der Waals surface area contributed by atoms with Gasteiger partial charge in [0, 0.05) is 24.7 Å². The van der Waals surface area contributed by atoms with Crippen molar-refractivity contribution in [1.29, 1.82) is 0 Å². The van der Waals surface area contributed by atoms with Crippen LogP contribution in [-0.2, 0) is 110 Å². The van der Waals surface area contributed by atoms with Gasteiger partial charge in [0.1, 0.15) is 40.7 Å². The van der Waals surface area contributed by atoms with Crippen molar-refractivity contribution in [3.05, 3.63) is 0 Å². The van der Waals surface area contributed by atoms with Crippen LogP contribution in [0.5, 0.6) is 0 Å². The van der Waals surface area contributed by atoms with Crippen LogP contribution < -0.4 is 0 Å². The molecule has 0 aromatic carbocycles. The fraction of sp³-hybridized carbons (Fsp3) is 0.908. The Balaban J connectivity index is 0.000000109. The van der Waals surface area contributed by atoms with Crippen LogP contribution in [0.25, 0.3) is 0 Å². The topological polar surface area (TPSA) is 331 Å². The zero-order chi connectivity index (χ0) is 96.6. The maximum absolute atomic E-state index is 12.7. The number of carbonyl (C=O) groups is 10. The number of fused-ring (bicyclic) bond motifs is 21. The van der Waals surface area contributed by atoms with Gasteiger partial charge in [-0.3, -0.25) is 47.9 Å². The second-order valence-corrected chi connectivity index (χ2v) is 50.8. The zero-order valence-corrected chi connectivity index (χ0v) is 84.9. The third-order valence-electron chi connectivity index (χ3n) is 40.5. The van der Waals surface area contributed by atoms with Gasteiger partial charge in [-0.1, -0.05) is 76.2 Å². The van der Waals surface area contributed by atoms with E-state index in [2.05, 4.69) is 27.7 Å². The Kier molecular flexibility index (Phi) is 27.2. The summed E-state index contributed by atoms with van der Waals surface area (Å²) in [6.45, 7) is 41.6. The lowest BCUT2D eigenvalue weighted by molar-refractivity contribution is -0.225. The van der Waals surface area contributed by atoms with Crippen LogP contribution in [0.1, 0.15) is 364 Å². The van der Waals surface area contributed by atoms with E-state index in [1.807, 2.05) is 118 Å². The van der Waals surface area contributed by atoms with Crippen molar-refractivity contribution < 1.29 is 120 Å². The Morgan fingerprint density at radius 1 is 0.343 bits per heavy atom. The van der Waals surface area contributed by atoms with E-state index in [9.17, 15) is 58.2 Å². The number of rotatable bonds is 23. The molecular weight excluding hydrogens is 1710 g/mol. The summed E-state index contributed by atoms with van der Waals surface area (Å²) in [5, 5.41) is 21.2. The largest absolute Gasteiger partial charge is 0.459 e. The number of hydrogen-bond acceptors (Lipinski definition) is 25. The van der Waals surface area contributed by atoms with Crippen LogP contribution in [0, 0.1) is 151 Å². The molecule has 0 spiro atoms. The number of esters is 10. The predicted octanol–water partition coefficient (Wildman–Crippen LogP) is 18.1. The monoisotopic (exact) mass is 1880 g/mol. The van der Waals surface area contributed by atoms with Crippen molar-refractivity contribution in [2.45, 2.75) is 471 Å². The van der Waals surface area contributed by atoms with Crippen LogP contribution in [0.2, 0.25) is 0 Å². The normalized spacial score (nSPS) is 45.2. The molecule has 22 bridgehead atoms. The van der Waals surface area contributed by atoms with Gasteiger partial charge in [0.2, 0.25) is 0 Å². The Bertz CT molecular complexity index is 4220. The summed E-state index contributed by atoms with van der Waals surface area (Å²) in [4.78, 5) is 120. The van der Waals surface area contributed by atoms with E-state index in [0.29, 0.717) is 86.9 Å². The molecule has 0 aromatic heterocycles. The van der Waals surface area contributed by atoms with Crippen molar-refractivity contribution in [1.82, 2.24) is 0 Å². The highest BCUT2D eigenvalue weighted by Crippen LogP contribution is 2.73. The Morgan fingerprint density at radius 3 is 0.940 bits per heavy atom. The maximum Gasteiger partial charge on any atom is 0.312 e. The van der Waals surface area contributed by atoms with Gasteiger partial charge in [-0.25, -0.2) is 0 Å². The van der Waals surface area contributed by atoms with Crippen molar-refractivity contribution in [3.8, 4) is 0 Å². The highest BCUT2D eigenvalue weighted by atomic mass is 16.7. The maximum atomic E-state index is 12.7. The fourth-order valence-electron chi connectivity index (χ4n) is 31.4. The van der Waals surface area contributed by atoms with E-state index in [4.69, 9.17) is 61.6 Å². The van der Waals surface area contributed by atoms with E-state index in [1.54, 1.807) is 0 Å². The summed E-state index contributed by atoms with van der Waals surface area (Å²) in [6.07, 6.45) is 31.0. The number of aliphatic hydroxyl groups is 2. The lowest BCUT2D eigenvalue weighted by atomic mass is 9.52. The molecule has 752 valence electrons. The lowest BCUT2D eigenvalue weighted by Crippen LogP contribution is -2.61. The second-order valence-electron chi connectivity index (χ2n) is 50.8. The van der Waals surface area contributed by atoms with Crippen LogP contribution in [0.4, 0.5) is 0 Å². The van der Waals surface area contributed by atoms with Crippen molar-refractivity contribution in [2.24, 2.45) is 151 Å². The van der Waals surface area contributed by atoms with Gasteiger partial charge in [-0.2, -0.15) is 0 Å². The number of hydrogen-bond donors (Lipinski definition) is 2. The average molecular weight is 1880 g/mol. The number of carbonyl (C=O) groups excluding carboxylic acids is 10. The molecule has 2 N–H and O–H groups in total. The minimum absolute atomic E-state index is 0.0207. The molecule has 0 amide bonds. The molecule has 9 heterocycles. The van der Waals surface area contributed by atoms with Crippen molar-refractivity contribution >= 4 is 59.7 Å². The lowest BCUT2D eigenvalue weighted by Gasteiger charge is -2.59. The molecule has 35 atom stereocenters. The van der Waals surface area contributed by atoms with E-state index in [1.165, 1.54) is 70.6 Å². The van der Waals surface area contributed by atoms with E-state index >= 15 is 0 Å². The first kappa shape index (κ1) is 100. The molecule has 25 fully saturated rings. The summed E-state index contributed by atoms with van der Waals surface area (Å²) >= 11 is 0. The Morgan fingerprint density at radius 2 is 0.634 bits per heavy atom. The Labute approximate surface area is 797 Å². The van der Waals surface area contributed by atoms with Gasteiger partial charge in [-0.15, -0.1) is 0 Å². The zero-order valence-electron chi connectivity index (χ0n) is 84.9.